The van der Waals surface area contributed by atoms with Gasteiger partial charge in [0.25, 0.3) is 0 Å². The summed E-state index contributed by atoms with van der Waals surface area (Å²) < 4.78 is 15.4. The van der Waals surface area contributed by atoms with E-state index in [1.165, 1.54) is 12.6 Å². The zero-order chi connectivity index (χ0) is 18.7. The number of aliphatic imine (C=N–C) groups is 1. The van der Waals surface area contributed by atoms with Gasteiger partial charge in [0.2, 0.25) is 0 Å². The van der Waals surface area contributed by atoms with E-state index in [4.69, 9.17) is 17.2 Å². The standard InChI is InChI=1S/C20H26FN5/c1-12(22)5-6-14(23)9-17-15(13-3-2-4-13)7-8-16(20(17)21)18-10-26-19(24)11-25-18/h5-8,11,13,26H,2-4,9-10,22-24H2,1H3/b12-5-,14-6-. The number of benzene rings is 1. The van der Waals surface area contributed by atoms with Crippen LogP contribution < -0.4 is 22.5 Å². The lowest BCUT2D eigenvalue weighted by Crippen LogP contribution is -2.31. The summed E-state index contributed by atoms with van der Waals surface area (Å²) in [7, 11) is 0. The monoisotopic (exact) mass is 355 g/mol. The molecule has 0 bridgehead atoms. The van der Waals surface area contributed by atoms with Crippen LogP contribution in [-0.2, 0) is 6.42 Å². The number of nitrogens with zero attached hydrogens (tertiary/aromatic N) is 1. The number of halogens is 1. The van der Waals surface area contributed by atoms with Crippen LogP contribution in [0.4, 0.5) is 4.39 Å². The summed E-state index contributed by atoms with van der Waals surface area (Å²) in [5.74, 6) is 0.653. The van der Waals surface area contributed by atoms with E-state index in [1.807, 2.05) is 12.1 Å². The van der Waals surface area contributed by atoms with E-state index in [2.05, 4.69) is 10.3 Å². The Hall–Kier alpha value is -2.76. The minimum absolute atomic E-state index is 0.242. The zero-order valence-corrected chi connectivity index (χ0v) is 15.1. The summed E-state index contributed by atoms with van der Waals surface area (Å²) >= 11 is 0. The fourth-order valence-electron chi connectivity index (χ4n) is 3.23. The molecule has 2 aliphatic rings. The van der Waals surface area contributed by atoms with Gasteiger partial charge in [0, 0.05) is 23.4 Å². The summed E-state index contributed by atoms with van der Waals surface area (Å²) in [5, 5.41) is 2.99. The van der Waals surface area contributed by atoms with Gasteiger partial charge in [-0.25, -0.2) is 4.39 Å². The first-order chi connectivity index (χ1) is 12.5. The molecule has 1 aliphatic carbocycles. The van der Waals surface area contributed by atoms with Crippen molar-refractivity contribution in [3.8, 4) is 0 Å². The quantitative estimate of drug-likeness (QED) is 0.609. The molecule has 0 amide bonds. The van der Waals surface area contributed by atoms with Crippen LogP contribution in [-0.4, -0.2) is 12.3 Å². The van der Waals surface area contributed by atoms with Gasteiger partial charge in [-0.1, -0.05) is 12.5 Å². The number of nitrogens with two attached hydrogens (primary N) is 3. The Morgan fingerprint density at radius 2 is 2.08 bits per heavy atom. The van der Waals surface area contributed by atoms with Crippen molar-refractivity contribution in [1.29, 1.82) is 0 Å². The van der Waals surface area contributed by atoms with Crippen LogP contribution in [0.25, 0.3) is 0 Å². The topological polar surface area (TPSA) is 102 Å². The van der Waals surface area contributed by atoms with E-state index in [0.717, 1.165) is 18.4 Å². The van der Waals surface area contributed by atoms with Crippen LogP contribution in [0.1, 0.15) is 48.8 Å². The summed E-state index contributed by atoms with van der Waals surface area (Å²) in [4.78, 5) is 4.29. The van der Waals surface area contributed by atoms with Crippen molar-refractivity contribution in [2.45, 2.75) is 38.5 Å². The van der Waals surface area contributed by atoms with Gasteiger partial charge >= 0.3 is 0 Å². The molecule has 5 nitrogen and oxygen atoms in total. The van der Waals surface area contributed by atoms with Gasteiger partial charge < -0.3 is 22.5 Å². The molecule has 138 valence electrons. The second kappa shape index (κ2) is 7.64. The Bertz CT molecular complexity index is 812. The van der Waals surface area contributed by atoms with E-state index in [-0.39, 0.29) is 5.82 Å². The van der Waals surface area contributed by atoms with Crippen molar-refractivity contribution in [2.75, 3.05) is 6.54 Å². The Morgan fingerprint density at radius 1 is 1.31 bits per heavy atom. The third kappa shape index (κ3) is 3.90. The number of allylic oxidation sites excluding steroid dienone is 4. The lowest BCUT2D eigenvalue weighted by atomic mass is 9.77. The third-order valence-electron chi connectivity index (χ3n) is 4.90. The normalized spacial score (nSPS) is 18.7. The van der Waals surface area contributed by atoms with E-state index in [1.54, 1.807) is 19.1 Å². The molecule has 1 aliphatic heterocycles. The maximum atomic E-state index is 15.4. The molecule has 0 saturated heterocycles. The molecule has 1 heterocycles. The Morgan fingerprint density at radius 3 is 2.65 bits per heavy atom. The van der Waals surface area contributed by atoms with Gasteiger partial charge in [0.05, 0.1) is 18.5 Å². The second-order valence-corrected chi connectivity index (χ2v) is 6.97. The van der Waals surface area contributed by atoms with Crippen molar-refractivity contribution in [2.24, 2.45) is 22.2 Å². The molecule has 0 aromatic heterocycles. The number of hydrogen-bond donors (Lipinski definition) is 4. The highest BCUT2D eigenvalue weighted by molar-refractivity contribution is 6.03. The number of rotatable bonds is 5. The van der Waals surface area contributed by atoms with Crippen LogP contribution in [0.3, 0.4) is 0 Å². The van der Waals surface area contributed by atoms with E-state index in [0.29, 0.717) is 52.9 Å². The van der Waals surface area contributed by atoms with Gasteiger partial charge in [-0.15, -0.1) is 0 Å². The molecular weight excluding hydrogens is 329 g/mol. The molecule has 0 atom stereocenters. The fourth-order valence-corrected chi connectivity index (χ4v) is 3.23. The molecule has 7 N–H and O–H groups in total. The zero-order valence-electron chi connectivity index (χ0n) is 15.1. The van der Waals surface area contributed by atoms with Crippen LogP contribution in [0.15, 0.2) is 52.7 Å². The second-order valence-electron chi connectivity index (χ2n) is 6.97. The Balaban J connectivity index is 2.00. The maximum Gasteiger partial charge on any atom is 0.136 e. The SMILES string of the molecule is C/C(N)=C/C=C(\N)Cc1c(C2CCC2)ccc(C2=NC=C(N)NC2)c1F. The molecule has 0 unspecified atom stereocenters. The molecule has 3 rings (SSSR count). The summed E-state index contributed by atoms with van der Waals surface area (Å²) in [6.07, 6.45) is 8.74. The Kier molecular flexibility index (Phi) is 5.30. The molecule has 0 spiro atoms. The van der Waals surface area contributed by atoms with Crippen molar-refractivity contribution >= 4 is 5.71 Å². The third-order valence-corrected chi connectivity index (χ3v) is 4.90. The molecule has 0 radical (unpaired) electrons. The summed E-state index contributed by atoms with van der Waals surface area (Å²) in [5.41, 5.74) is 21.5. The maximum absolute atomic E-state index is 15.4. The molecule has 6 heteroatoms. The Labute approximate surface area is 153 Å². The van der Waals surface area contributed by atoms with Crippen LogP contribution in [0, 0.1) is 5.82 Å². The smallest absolute Gasteiger partial charge is 0.136 e. The van der Waals surface area contributed by atoms with Crippen molar-refractivity contribution in [3.63, 3.8) is 0 Å². The highest BCUT2D eigenvalue weighted by Crippen LogP contribution is 2.39. The highest BCUT2D eigenvalue weighted by Gasteiger charge is 2.26. The van der Waals surface area contributed by atoms with E-state index >= 15 is 4.39 Å². The van der Waals surface area contributed by atoms with Gasteiger partial charge in [0.15, 0.2) is 0 Å². The first kappa shape index (κ1) is 18.0. The van der Waals surface area contributed by atoms with Gasteiger partial charge in [-0.05, 0) is 55.0 Å². The minimum atomic E-state index is -0.242. The van der Waals surface area contributed by atoms with Gasteiger partial charge in [-0.3, -0.25) is 4.99 Å². The molecule has 1 fully saturated rings. The van der Waals surface area contributed by atoms with Crippen LogP contribution in [0.2, 0.25) is 0 Å². The molecular formula is C20H26FN5. The average Bonchev–Trinajstić information content (AvgIpc) is 2.56. The van der Waals surface area contributed by atoms with E-state index < -0.39 is 0 Å². The minimum Gasteiger partial charge on any atom is -0.402 e. The lowest BCUT2D eigenvalue weighted by Gasteiger charge is -2.29. The molecule has 1 aromatic carbocycles. The predicted molar refractivity (Wildman–Crippen MR) is 104 cm³/mol. The van der Waals surface area contributed by atoms with Crippen molar-refractivity contribution < 1.29 is 4.39 Å². The molecule has 1 aromatic rings. The predicted octanol–water partition coefficient (Wildman–Crippen LogP) is 2.49. The number of hydrogen-bond acceptors (Lipinski definition) is 5. The summed E-state index contributed by atoms with van der Waals surface area (Å²) in [6.45, 7) is 2.19. The van der Waals surface area contributed by atoms with Crippen molar-refractivity contribution in [1.82, 2.24) is 5.32 Å². The average molecular weight is 355 g/mol. The van der Waals surface area contributed by atoms with Crippen LogP contribution in [0.5, 0.6) is 0 Å². The largest absolute Gasteiger partial charge is 0.402 e. The molecule has 1 saturated carbocycles. The van der Waals surface area contributed by atoms with Crippen molar-refractivity contribution in [3.05, 3.63) is 70.2 Å². The number of nitrogens with one attached hydrogen (secondary N) is 1. The van der Waals surface area contributed by atoms with E-state index in [9.17, 15) is 0 Å². The first-order valence-corrected chi connectivity index (χ1v) is 8.92. The highest BCUT2D eigenvalue weighted by atomic mass is 19.1. The molecule has 26 heavy (non-hydrogen) atoms. The van der Waals surface area contributed by atoms with Gasteiger partial charge in [0.1, 0.15) is 11.6 Å². The first-order valence-electron chi connectivity index (χ1n) is 8.92. The lowest BCUT2D eigenvalue weighted by molar-refractivity contribution is 0.415. The van der Waals surface area contributed by atoms with Crippen LogP contribution >= 0.6 is 0 Å². The fraction of sp³-hybridized carbons (Fsp3) is 0.350. The van der Waals surface area contributed by atoms with Gasteiger partial charge in [-0.2, -0.15) is 0 Å². The summed E-state index contributed by atoms with van der Waals surface area (Å²) in [6, 6.07) is 3.85.